The van der Waals surface area contributed by atoms with Crippen molar-refractivity contribution in [2.75, 3.05) is 7.11 Å². The third-order valence-electron chi connectivity index (χ3n) is 2.83. The molecule has 2 aromatic rings. The van der Waals surface area contributed by atoms with Crippen LogP contribution in [0.2, 0.25) is 0 Å². The first-order valence-corrected chi connectivity index (χ1v) is 5.99. The van der Waals surface area contributed by atoms with Gasteiger partial charge in [-0.15, -0.1) is 0 Å². The Morgan fingerprint density at radius 3 is 2.60 bits per heavy atom. The first-order chi connectivity index (χ1) is 9.65. The summed E-state index contributed by atoms with van der Waals surface area (Å²) in [4.78, 5) is 0. The highest BCUT2D eigenvalue weighted by molar-refractivity contribution is 5.43. The first kappa shape index (κ1) is 14.3. The summed E-state index contributed by atoms with van der Waals surface area (Å²) in [5.41, 5.74) is 0.796. The maximum Gasteiger partial charge on any atom is 0.165 e. The summed E-state index contributed by atoms with van der Waals surface area (Å²) >= 11 is 0. The highest BCUT2D eigenvalue weighted by Gasteiger charge is 2.10. The van der Waals surface area contributed by atoms with E-state index >= 15 is 0 Å². The Bertz CT molecular complexity index is 600. The van der Waals surface area contributed by atoms with Crippen LogP contribution in [0, 0.1) is 11.6 Å². The zero-order valence-corrected chi connectivity index (χ0v) is 10.9. The molecule has 0 radical (unpaired) electrons. The molecule has 2 rings (SSSR count). The van der Waals surface area contributed by atoms with E-state index in [1.807, 2.05) is 0 Å². The predicted octanol–water partition coefficient (Wildman–Crippen LogP) is 3.04. The standard InChI is InChI=1S/C15H14F2O3/c1-19-14-7-10(8-18)5-6-13(14)20-9-11-3-2-4-12(16)15(11)17/h2-7,18H,8-9H2,1H3. The Kier molecular flexibility index (Phi) is 4.53. The van der Waals surface area contributed by atoms with E-state index in [2.05, 4.69) is 0 Å². The molecule has 0 aliphatic rings. The summed E-state index contributed by atoms with van der Waals surface area (Å²) in [6.45, 7) is -0.229. The van der Waals surface area contributed by atoms with E-state index in [1.165, 1.54) is 19.2 Å². The zero-order chi connectivity index (χ0) is 14.5. The molecule has 0 aliphatic carbocycles. The second kappa shape index (κ2) is 6.34. The van der Waals surface area contributed by atoms with Gasteiger partial charge in [0.05, 0.1) is 13.7 Å². The topological polar surface area (TPSA) is 38.7 Å². The van der Waals surface area contributed by atoms with E-state index in [-0.39, 0.29) is 18.8 Å². The largest absolute Gasteiger partial charge is 0.493 e. The monoisotopic (exact) mass is 280 g/mol. The highest BCUT2D eigenvalue weighted by Crippen LogP contribution is 2.29. The summed E-state index contributed by atoms with van der Waals surface area (Å²) in [5.74, 6) is -1.01. The predicted molar refractivity (Wildman–Crippen MR) is 69.6 cm³/mol. The second-order valence-corrected chi connectivity index (χ2v) is 4.14. The van der Waals surface area contributed by atoms with Crippen LogP contribution < -0.4 is 9.47 Å². The fraction of sp³-hybridized carbons (Fsp3) is 0.200. The number of ether oxygens (including phenoxy) is 2. The second-order valence-electron chi connectivity index (χ2n) is 4.14. The van der Waals surface area contributed by atoms with Crippen molar-refractivity contribution in [1.29, 1.82) is 0 Å². The summed E-state index contributed by atoms with van der Waals surface area (Å²) in [6, 6.07) is 8.82. The highest BCUT2D eigenvalue weighted by atomic mass is 19.2. The van der Waals surface area contributed by atoms with Crippen LogP contribution in [0.15, 0.2) is 36.4 Å². The lowest BCUT2D eigenvalue weighted by atomic mass is 10.2. The molecule has 0 atom stereocenters. The molecule has 2 aromatic carbocycles. The lowest BCUT2D eigenvalue weighted by Crippen LogP contribution is -2.02. The number of aliphatic hydroxyl groups excluding tert-OH is 1. The minimum Gasteiger partial charge on any atom is -0.493 e. The van der Waals surface area contributed by atoms with E-state index in [9.17, 15) is 8.78 Å². The summed E-state index contributed by atoms with van der Waals surface area (Å²) in [7, 11) is 1.46. The van der Waals surface area contributed by atoms with Crippen LogP contribution in [0.3, 0.4) is 0 Å². The van der Waals surface area contributed by atoms with E-state index in [4.69, 9.17) is 14.6 Å². The number of halogens is 2. The maximum absolute atomic E-state index is 13.5. The van der Waals surface area contributed by atoms with Crippen LogP contribution >= 0.6 is 0 Å². The number of methoxy groups -OCH3 is 1. The molecule has 0 fully saturated rings. The lowest BCUT2D eigenvalue weighted by Gasteiger charge is -2.12. The third kappa shape index (κ3) is 3.05. The van der Waals surface area contributed by atoms with Crippen LogP contribution in [0.1, 0.15) is 11.1 Å². The summed E-state index contributed by atoms with van der Waals surface area (Å²) in [6.07, 6.45) is 0. The van der Waals surface area contributed by atoms with Crippen molar-refractivity contribution >= 4 is 0 Å². The molecule has 0 saturated heterocycles. The molecule has 106 valence electrons. The molecule has 0 aromatic heterocycles. The molecule has 0 bridgehead atoms. The number of aliphatic hydroxyl groups is 1. The summed E-state index contributed by atoms with van der Waals surface area (Å²) < 4.78 is 37.1. The number of benzene rings is 2. The van der Waals surface area contributed by atoms with Crippen molar-refractivity contribution in [3.05, 3.63) is 59.2 Å². The van der Waals surface area contributed by atoms with Crippen LogP contribution in [0.25, 0.3) is 0 Å². The molecule has 0 spiro atoms. The molecule has 20 heavy (non-hydrogen) atoms. The molecule has 0 amide bonds. The van der Waals surface area contributed by atoms with Crippen LogP contribution in [0.5, 0.6) is 11.5 Å². The average molecular weight is 280 g/mol. The van der Waals surface area contributed by atoms with Crippen molar-refractivity contribution in [2.24, 2.45) is 0 Å². The fourth-order valence-electron chi connectivity index (χ4n) is 1.75. The zero-order valence-electron chi connectivity index (χ0n) is 10.9. The van der Waals surface area contributed by atoms with Gasteiger partial charge in [-0.05, 0) is 23.8 Å². The Morgan fingerprint density at radius 2 is 1.90 bits per heavy atom. The van der Waals surface area contributed by atoms with E-state index in [0.29, 0.717) is 17.1 Å². The lowest BCUT2D eigenvalue weighted by molar-refractivity contribution is 0.271. The van der Waals surface area contributed by atoms with Crippen molar-refractivity contribution < 1.29 is 23.4 Å². The number of rotatable bonds is 5. The van der Waals surface area contributed by atoms with Gasteiger partial charge in [0.1, 0.15) is 6.61 Å². The minimum atomic E-state index is -0.918. The maximum atomic E-state index is 13.5. The molecular formula is C15H14F2O3. The van der Waals surface area contributed by atoms with Gasteiger partial charge in [0.25, 0.3) is 0 Å². The summed E-state index contributed by atoms with van der Waals surface area (Å²) in [5, 5.41) is 9.04. The Morgan fingerprint density at radius 1 is 1.10 bits per heavy atom. The quantitative estimate of drug-likeness (QED) is 0.915. The molecule has 5 heteroatoms. The third-order valence-corrected chi connectivity index (χ3v) is 2.83. The van der Waals surface area contributed by atoms with Gasteiger partial charge < -0.3 is 14.6 Å². The normalized spacial score (nSPS) is 10.4. The van der Waals surface area contributed by atoms with Crippen LogP contribution in [-0.4, -0.2) is 12.2 Å². The Labute approximate surface area is 115 Å². The van der Waals surface area contributed by atoms with Crippen LogP contribution in [0.4, 0.5) is 8.78 Å². The van der Waals surface area contributed by atoms with Crippen molar-refractivity contribution in [3.8, 4) is 11.5 Å². The van der Waals surface area contributed by atoms with Gasteiger partial charge in [0.2, 0.25) is 0 Å². The SMILES string of the molecule is COc1cc(CO)ccc1OCc1cccc(F)c1F. The molecular weight excluding hydrogens is 266 g/mol. The van der Waals surface area contributed by atoms with Gasteiger partial charge in [-0.25, -0.2) is 8.78 Å². The van der Waals surface area contributed by atoms with E-state index < -0.39 is 11.6 Å². The molecule has 1 N–H and O–H groups in total. The van der Waals surface area contributed by atoms with Crippen molar-refractivity contribution in [3.63, 3.8) is 0 Å². The molecule has 0 aliphatic heterocycles. The van der Waals surface area contributed by atoms with Gasteiger partial charge in [-0.2, -0.15) is 0 Å². The van der Waals surface area contributed by atoms with Crippen LogP contribution in [-0.2, 0) is 13.2 Å². The fourth-order valence-corrected chi connectivity index (χ4v) is 1.75. The van der Waals surface area contributed by atoms with Gasteiger partial charge >= 0.3 is 0 Å². The molecule has 0 saturated carbocycles. The van der Waals surface area contributed by atoms with E-state index in [1.54, 1.807) is 18.2 Å². The van der Waals surface area contributed by atoms with Gasteiger partial charge in [0.15, 0.2) is 23.1 Å². The molecule has 0 unspecified atom stereocenters. The number of hydrogen-bond acceptors (Lipinski definition) is 3. The smallest absolute Gasteiger partial charge is 0.165 e. The van der Waals surface area contributed by atoms with Gasteiger partial charge in [0, 0.05) is 5.56 Å². The Hall–Kier alpha value is -2.14. The van der Waals surface area contributed by atoms with Crippen molar-refractivity contribution in [2.45, 2.75) is 13.2 Å². The first-order valence-electron chi connectivity index (χ1n) is 5.99. The van der Waals surface area contributed by atoms with Crippen molar-refractivity contribution in [1.82, 2.24) is 0 Å². The van der Waals surface area contributed by atoms with E-state index in [0.717, 1.165) is 6.07 Å². The average Bonchev–Trinajstić information content (AvgIpc) is 2.48. The molecule has 3 nitrogen and oxygen atoms in total. The van der Waals surface area contributed by atoms with Gasteiger partial charge in [-0.3, -0.25) is 0 Å². The number of hydrogen-bond donors (Lipinski definition) is 1. The van der Waals surface area contributed by atoms with Gasteiger partial charge in [-0.1, -0.05) is 18.2 Å². The molecule has 0 heterocycles. The Balaban J connectivity index is 2.16. The minimum absolute atomic E-state index is 0.113.